The Balaban J connectivity index is 1.53. The molecule has 0 radical (unpaired) electrons. The summed E-state index contributed by atoms with van der Waals surface area (Å²) in [5.41, 5.74) is 3.34. The van der Waals surface area contributed by atoms with Gasteiger partial charge in [0.2, 0.25) is 0 Å². The number of rotatable bonds is 2. The molecule has 2 heterocycles. The van der Waals surface area contributed by atoms with Gasteiger partial charge < -0.3 is 19.4 Å². The second-order valence-corrected chi connectivity index (χ2v) is 8.53. The van der Waals surface area contributed by atoms with Gasteiger partial charge in [-0.05, 0) is 30.9 Å². The number of benzene rings is 1. The highest BCUT2D eigenvalue weighted by Gasteiger charge is 2.37. The lowest BCUT2D eigenvalue weighted by atomic mass is 9.75. The zero-order valence-corrected chi connectivity index (χ0v) is 16.7. The van der Waals surface area contributed by atoms with E-state index < -0.39 is 0 Å². The first-order chi connectivity index (χ1) is 13.4. The third kappa shape index (κ3) is 3.28. The summed E-state index contributed by atoms with van der Waals surface area (Å²) in [6, 6.07) is 10.3. The Bertz CT molecular complexity index is 907. The third-order valence-corrected chi connectivity index (χ3v) is 5.80. The van der Waals surface area contributed by atoms with Crippen LogP contribution in [0, 0.1) is 12.3 Å². The molecule has 0 bridgehead atoms. The molecule has 148 valence electrons. The molecule has 6 nitrogen and oxygen atoms in total. The maximum atomic E-state index is 13.1. The Morgan fingerprint density at radius 3 is 2.43 bits per heavy atom. The maximum absolute atomic E-state index is 13.1. The van der Waals surface area contributed by atoms with E-state index >= 15 is 0 Å². The molecule has 1 fully saturated rings. The number of carbonyl (C=O) groups excluding carboxylic acids is 1. The quantitative estimate of drug-likeness (QED) is 0.636. The summed E-state index contributed by atoms with van der Waals surface area (Å²) < 4.78 is 6.03. The molecule has 2 aliphatic rings. The molecule has 0 saturated carbocycles. The number of fused-ring (bicyclic) bond motifs is 1. The predicted molar refractivity (Wildman–Crippen MR) is 108 cm³/mol. The number of anilines is 1. The minimum Gasteiger partial charge on any atom is -0.455 e. The van der Waals surface area contributed by atoms with E-state index in [2.05, 4.69) is 36.0 Å². The zero-order valence-electron chi connectivity index (χ0n) is 16.7. The van der Waals surface area contributed by atoms with Crippen LogP contribution in [-0.2, 0) is 6.42 Å². The first-order valence-electron chi connectivity index (χ1n) is 9.82. The van der Waals surface area contributed by atoms with Gasteiger partial charge in [-0.2, -0.15) is 0 Å². The van der Waals surface area contributed by atoms with Gasteiger partial charge >= 0.3 is 0 Å². The van der Waals surface area contributed by atoms with E-state index in [-0.39, 0.29) is 11.3 Å². The molecule has 4 rings (SSSR count). The number of para-hydroxylation sites is 1. The van der Waals surface area contributed by atoms with Crippen LogP contribution in [-0.4, -0.2) is 47.9 Å². The van der Waals surface area contributed by atoms with Gasteiger partial charge in [0.15, 0.2) is 5.76 Å². The molecular formula is C22H27N3O3. The van der Waals surface area contributed by atoms with Gasteiger partial charge in [0.25, 0.3) is 5.91 Å². The Morgan fingerprint density at radius 2 is 1.79 bits per heavy atom. The fraction of sp³-hybridized carbons (Fsp3) is 0.455. The summed E-state index contributed by atoms with van der Waals surface area (Å²) in [7, 11) is 0. The van der Waals surface area contributed by atoms with E-state index in [4.69, 9.17) is 4.42 Å². The molecule has 0 spiro atoms. The highest BCUT2D eigenvalue weighted by atomic mass is 16.4. The Hall–Kier alpha value is -2.76. The van der Waals surface area contributed by atoms with Gasteiger partial charge in [-0.1, -0.05) is 37.2 Å². The molecule has 28 heavy (non-hydrogen) atoms. The molecule has 1 aliphatic heterocycles. The Morgan fingerprint density at radius 1 is 1.11 bits per heavy atom. The fourth-order valence-corrected chi connectivity index (χ4v) is 4.35. The van der Waals surface area contributed by atoms with E-state index in [1.807, 2.05) is 30.0 Å². The lowest BCUT2D eigenvalue weighted by Crippen LogP contribution is -2.48. The van der Waals surface area contributed by atoms with Gasteiger partial charge in [0, 0.05) is 49.4 Å². The topological polar surface area (TPSA) is 69.3 Å². The smallest absolute Gasteiger partial charge is 0.289 e. The van der Waals surface area contributed by atoms with E-state index in [0.29, 0.717) is 31.0 Å². The minimum absolute atomic E-state index is 0.0551. The number of hydrogen-bond donors (Lipinski definition) is 1. The molecule has 6 heteroatoms. The standard InChI is InChI=1S/C22H27N3O3/c1-15-19-17(23-27)13-22(2,3)14-18(19)28-20(15)21(26)25-11-9-24(10-12-25)16-7-5-4-6-8-16/h4-8,27H,9-14H2,1-3H3/b23-17+. The summed E-state index contributed by atoms with van der Waals surface area (Å²) in [5.74, 6) is 1.07. The number of oxime groups is 1. The molecule has 0 atom stereocenters. The normalized spacial score (nSPS) is 20.3. The fourth-order valence-electron chi connectivity index (χ4n) is 4.35. The molecule has 1 saturated heterocycles. The zero-order chi connectivity index (χ0) is 19.9. The summed E-state index contributed by atoms with van der Waals surface area (Å²) in [5, 5.41) is 13.0. The molecule has 1 amide bonds. The van der Waals surface area contributed by atoms with Gasteiger partial charge in [-0.25, -0.2) is 0 Å². The third-order valence-electron chi connectivity index (χ3n) is 5.80. The van der Waals surface area contributed by atoms with E-state index in [9.17, 15) is 10.0 Å². The number of piperazine rings is 1. The largest absolute Gasteiger partial charge is 0.455 e. The summed E-state index contributed by atoms with van der Waals surface area (Å²) in [6.07, 6.45) is 1.40. The van der Waals surface area contributed by atoms with Gasteiger partial charge in [0.05, 0.1) is 5.71 Å². The lowest BCUT2D eigenvalue weighted by Gasteiger charge is -2.35. The maximum Gasteiger partial charge on any atom is 0.289 e. The van der Waals surface area contributed by atoms with Crippen LogP contribution >= 0.6 is 0 Å². The Labute approximate surface area is 165 Å². The van der Waals surface area contributed by atoms with Crippen molar-refractivity contribution in [3.63, 3.8) is 0 Å². The molecule has 1 aromatic carbocycles. The van der Waals surface area contributed by atoms with Crippen molar-refractivity contribution in [2.45, 2.75) is 33.6 Å². The van der Waals surface area contributed by atoms with Crippen LogP contribution in [0.4, 0.5) is 5.69 Å². The first kappa shape index (κ1) is 18.6. The molecule has 2 aromatic rings. The summed E-state index contributed by atoms with van der Waals surface area (Å²) in [6.45, 7) is 9.03. The molecule has 1 N–H and O–H groups in total. The van der Waals surface area contributed by atoms with Gasteiger partial charge in [-0.3, -0.25) is 4.79 Å². The van der Waals surface area contributed by atoms with Crippen LogP contribution in [0.5, 0.6) is 0 Å². The van der Waals surface area contributed by atoms with Crippen molar-refractivity contribution in [1.29, 1.82) is 0 Å². The van der Waals surface area contributed by atoms with Crippen LogP contribution in [0.1, 0.15) is 47.7 Å². The average molecular weight is 381 g/mol. The van der Waals surface area contributed by atoms with Crippen molar-refractivity contribution in [2.24, 2.45) is 10.6 Å². The van der Waals surface area contributed by atoms with Crippen molar-refractivity contribution < 1.29 is 14.4 Å². The SMILES string of the molecule is Cc1c(C(=O)N2CCN(c3ccccc3)CC2)oc2c1/C(=N/O)CC(C)(C)C2. The Kier molecular flexibility index (Phi) is 4.65. The molecular weight excluding hydrogens is 354 g/mol. The second kappa shape index (κ2) is 7.00. The van der Waals surface area contributed by atoms with Crippen molar-refractivity contribution in [3.05, 3.63) is 53.0 Å². The van der Waals surface area contributed by atoms with Crippen LogP contribution in [0.25, 0.3) is 0 Å². The van der Waals surface area contributed by atoms with Crippen LogP contribution in [0.3, 0.4) is 0 Å². The number of nitrogens with zero attached hydrogens (tertiary/aromatic N) is 3. The van der Waals surface area contributed by atoms with Crippen molar-refractivity contribution in [1.82, 2.24) is 4.90 Å². The lowest BCUT2D eigenvalue weighted by molar-refractivity contribution is 0.0710. The average Bonchev–Trinajstić information content (AvgIpc) is 3.02. The van der Waals surface area contributed by atoms with Crippen LogP contribution in [0.2, 0.25) is 0 Å². The summed E-state index contributed by atoms with van der Waals surface area (Å²) >= 11 is 0. The number of carbonyl (C=O) groups is 1. The molecule has 0 unspecified atom stereocenters. The minimum atomic E-state index is -0.0743. The summed E-state index contributed by atoms with van der Waals surface area (Å²) in [4.78, 5) is 17.3. The van der Waals surface area contributed by atoms with Gasteiger partial charge in [0.1, 0.15) is 5.76 Å². The second-order valence-electron chi connectivity index (χ2n) is 8.53. The van der Waals surface area contributed by atoms with Crippen LogP contribution < -0.4 is 4.90 Å². The number of furan rings is 1. The van der Waals surface area contributed by atoms with Crippen molar-refractivity contribution in [2.75, 3.05) is 31.1 Å². The van der Waals surface area contributed by atoms with Crippen LogP contribution in [0.15, 0.2) is 39.9 Å². The van der Waals surface area contributed by atoms with E-state index in [0.717, 1.165) is 36.4 Å². The van der Waals surface area contributed by atoms with Crippen molar-refractivity contribution >= 4 is 17.3 Å². The van der Waals surface area contributed by atoms with Gasteiger partial charge in [-0.15, -0.1) is 0 Å². The number of hydrogen-bond acceptors (Lipinski definition) is 5. The van der Waals surface area contributed by atoms with E-state index in [1.54, 1.807) is 0 Å². The highest BCUT2D eigenvalue weighted by molar-refractivity contribution is 6.06. The van der Waals surface area contributed by atoms with E-state index in [1.165, 1.54) is 5.69 Å². The predicted octanol–water partition coefficient (Wildman–Crippen LogP) is 3.70. The molecule has 1 aliphatic carbocycles. The van der Waals surface area contributed by atoms with Crippen molar-refractivity contribution in [3.8, 4) is 0 Å². The monoisotopic (exact) mass is 381 g/mol. The highest BCUT2D eigenvalue weighted by Crippen LogP contribution is 2.39. The first-order valence-corrected chi connectivity index (χ1v) is 9.82. The molecule has 1 aromatic heterocycles. The number of amides is 1.